The molecule has 7 nitrogen and oxygen atoms in total. The normalized spacial score (nSPS) is 11.3. The Labute approximate surface area is 112 Å². The molecule has 0 aromatic carbocycles. The molecule has 0 aliphatic rings. The average Bonchev–Trinajstić information content (AvgIpc) is 2.33. The molecule has 0 atom stereocenters. The first-order chi connectivity index (χ1) is 8.98. The molecule has 0 radical (unpaired) electrons. The lowest BCUT2D eigenvalue weighted by Crippen LogP contribution is -2.29. The Morgan fingerprint density at radius 3 is 2.63 bits per heavy atom. The van der Waals surface area contributed by atoms with E-state index >= 15 is 0 Å². The number of anilines is 2. The van der Waals surface area contributed by atoms with Crippen molar-refractivity contribution < 1.29 is 12.8 Å². The summed E-state index contributed by atoms with van der Waals surface area (Å²) in [6.07, 6.45) is 1.03. The average molecular weight is 291 g/mol. The minimum atomic E-state index is -3.33. The molecule has 19 heavy (non-hydrogen) atoms. The summed E-state index contributed by atoms with van der Waals surface area (Å²) in [5.41, 5.74) is 0. The van der Waals surface area contributed by atoms with Crippen LogP contribution in [-0.4, -0.2) is 43.8 Å². The predicted molar refractivity (Wildman–Crippen MR) is 72.1 cm³/mol. The first-order valence-corrected chi connectivity index (χ1v) is 7.61. The Morgan fingerprint density at radius 2 is 2.00 bits per heavy atom. The van der Waals surface area contributed by atoms with Gasteiger partial charge in [-0.1, -0.05) is 6.92 Å². The number of aromatic nitrogens is 2. The van der Waals surface area contributed by atoms with E-state index in [-0.39, 0.29) is 18.1 Å². The van der Waals surface area contributed by atoms with Gasteiger partial charge in [-0.15, -0.1) is 0 Å². The van der Waals surface area contributed by atoms with Gasteiger partial charge in [0.2, 0.25) is 16.0 Å². The van der Waals surface area contributed by atoms with E-state index in [2.05, 4.69) is 25.3 Å². The Hall–Kier alpha value is -1.48. The molecule has 1 aromatic rings. The summed E-state index contributed by atoms with van der Waals surface area (Å²) in [5.74, 6) is -0.498. The zero-order valence-electron chi connectivity index (χ0n) is 10.9. The molecule has 0 saturated heterocycles. The van der Waals surface area contributed by atoms with Crippen LogP contribution in [0.3, 0.4) is 0 Å². The third kappa shape index (κ3) is 5.35. The number of nitrogens with one attached hydrogen (secondary N) is 3. The molecule has 9 heteroatoms. The van der Waals surface area contributed by atoms with E-state index < -0.39 is 15.8 Å². The van der Waals surface area contributed by atoms with Crippen LogP contribution >= 0.6 is 0 Å². The second-order valence-electron chi connectivity index (χ2n) is 3.66. The Balaban J connectivity index is 2.60. The third-order valence-corrected chi connectivity index (χ3v) is 3.58. The van der Waals surface area contributed by atoms with E-state index in [1.165, 1.54) is 0 Å². The lowest BCUT2D eigenvalue weighted by atomic mass is 10.5. The van der Waals surface area contributed by atoms with Crippen LogP contribution in [0.15, 0.2) is 6.20 Å². The molecule has 0 aliphatic heterocycles. The quantitative estimate of drug-likeness (QED) is 0.641. The van der Waals surface area contributed by atoms with Crippen LogP contribution in [0, 0.1) is 5.82 Å². The smallest absolute Gasteiger partial charge is 0.224 e. The third-order valence-electron chi connectivity index (χ3n) is 2.11. The van der Waals surface area contributed by atoms with Crippen LogP contribution in [0.5, 0.6) is 0 Å². The second-order valence-corrected chi connectivity index (χ2v) is 5.59. The highest BCUT2D eigenvalue weighted by atomic mass is 32.2. The molecule has 0 amide bonds. The van der Waals surface area contributed by atoms with Crippen LogP contribution in [-0.2, 0) is 10.0 Å². The van der Waals surface area contributed by atoms with Crippen LogP contribution in [0.2, 0.25) is 0 Å². The van der Waals surface area contributed by atoms with Gasteiger partial charge in [0.05, 0.1) is 11.9 Å². The molecule has 0 bridgehead atoms. The molecule has 0 aliphatic carbocycles. The van der Waals surface area contributed by atoms with E-state index in [1.54, 1.807) is 6.92 Å². The SMILES string of the molecule is CCNc1ncc(F)c(NCCS(=O)(=O)NCC)n1. The van der Waals surface area contributed by atoms with Gasteiger partial charge in [0.25, 0.3) is 0 Å². The predicted octanol–water partition coefficient (Wildman–Crippen LogP) is 0.399. The summed E-state index contributed by atoms with van der Waals surface area (Å²) < 4.78 is 38.5. The second kappa shape index (κ2) is 7.19. The highest BCUT2D eigenvalue weighted by Gasteiger charge is 2.10. The number of halogens is 1. The molecule has 3 N–H and O–H groups in total. The topological polar surface area (TPSA) is 96.0 Å². The molecule has 1 rings (SSSR count). The number of sulfonamides is 1. The van der Waals surface area contributed by atoms with Gasteiger partial charge in [0, 0.05) is 19.6 Å². The first-order valence-electron chi connectivity index (χ1n) is 5.96. The molecule has 1 aromatic heterocycles. The zero-order valence-corrected chi connectivity index (χ0v) is 11.7. The molecule has 108 valence electrons. The highest BCUT2D eigenvalue weighted by Crippen LogP contribution is 2.11. The van der Waals surface area contributed by atoms with Crippen LogP contribution < -0.4 is 15.4 Å². The van der Waals surface area contributed by atoms with Gasteiger partial charge >= 0.3 is 0 Å². The molecule has 0 fully saturated rings. The Bertz CT molecular complexity index is 509. The van der Waals surface area contributed by atoms with Crippen molar-refractivity contribution in [2.75, 3.05) is 36.0 Å². The summed E-state index contributed by atoms with van der Waals surface area (Å²) in [7, 11) is -3.33. The van der Waals surface area contributed by atoms with E-state index in [0.717, 1.165) is 6.20 Å². The fourth-order valence-electron chi connectivity index (χ4n) is 1.33. The van der Waals surface area contributed by atoms with Gasteiger partial charge in [-0.05, 0) is 6.92 Å². The van der Waals surface area contributed by atoms with Crippen molar-refractivity contribution in [2.24, 2.45) is 0 Å². The van der Waals surface area contributed by atoms with Crippen molar-refractivity contribution in [3.05, 3.63) is 12.0 Å². The van der Waals surface area contributed by atoms with Crippen molar-refractivity contribution in [3.63, 3.8) is 0 Å². The molecule has 0 unspecified atom stereocenters. The highest BCUT2D eigenvalue weighted by molar-refractivity contribution is 7.89. The van der Waals surface area contributed by atoms with Crippen molar-refractivity contribution >= 4 is 21.8 Å². The largest absolute Gasteiger partial charge is 0.366 e. The lowest BCUT2D eigenvalue weighted by molar-refractivity contribution is 0.583. The van der Waals surface area contributed by atoms with E-state index in [9.17, 15) is 12.8 Å². The van der Waals surface area contributed by atoms with Crippen molar-refractivity contribution in [2.45, 2.75) is 13.8 Å². The van der Waals surface area contributed by atoms with Gasteiger partial charge in [0.15, 0.2) is 11.6 Å². The number of rotatable bonds is 8. The fourth-order valence-corrected chi connectivity index (χ4v) is 2.29. The number of hydrogen-bond acceptors (Lipinski definition) is 6. The van der Waals surface area contributed by atoms with Crippen molar-refractivity contribution in [1.82, 2.24) is 14.7 Å². The Kier molecular flexibility index (Phi) is 5.90. The minimum absolute atomic E-state index is 0.0161. The summed E-state index contributed by atoms with van der Waals surface area (Å²) in [5, 5.41) is 5.48. The maximum Gasteiger partial charge on any atom is 0.224 e. The van der Waals surface area contributed by atoms with Crippen LogP contribution in [0.4, 0.5) is 16.2 Å². The van der Waals surface area contributed by atoms with Gasteiger partial charge in [-0.3, -0.25) is 0 Å². The van der Waals surface area contributed by atoms with E-state index in [1.807, 2.05) is 6.92 Å². The Morgan fingerprint density at radius 1 is 1.26 bits per heavy atom. The molecule has 0 spiro atoms. The maximum absolute atomic E-state index is 13.4. The van der Waals surface area contributed by atoms with E-state index in [0.29, 0.717) is 19.0 Å². The number of nitrogens with zero attached hydrogens (tertiary/aromatic N) is 2. The van der Waals surface area contributed by atoms with Crippen molar-refractivity contribution in [1.29, 1.82) is 0 Å². The monoisotopic (exact) mass is 291 g/mol. The van der Waals surface area contributed by atoms with Gasteiger partial charge < -0.3 is 10.6 Å². The van der Waals surface area contributed by atoms with Gasteiger partial charge in [-0.2, -0.15) is 4.98 Å². The summed E-state index contributed by atoms with van der Waals surface area (Å²) >= 11 is 0. The maximum atomic E-state index is 13.4. The van der Waals surface area contributed by atoms with Gasteiger partial charge in [-0.25, -0.2) is 22.5 Å². The fraction of sp³-hybridized carbons (Fsp3) is 0.600. The summed E-state index contributed by atoms with van der Waals surface area (Å²) in [6, 6.07) is 0. The zero-order chi connectivity index (χ0) is 14.3. The summed E-state index contributed by atoms with van der Waals surface area (Å²) in [4.78, 5) is 7.65. The van der Waals surface area contributed by atoms with Crippen LogP contribution in [0.25, 0.3) is 0 Å². The van der Waals surface area contributed by atoms with E-state index in [4.69, 9.17) is 0 Å². The van der Waals surface area contributed by atoms with Crippen molar-refractivity contribution in [3.8, 4) is 0 Å². The van der Waals surface area contributed by atoms with Crippen LogP contribution in [0.1, 0.15) is 13.8 Å². The minimum Gasteiger partial charge on any atom is -0.366 e. The lowest BCUT2D eigenvalue weighted by Gasteiger charge is -2.09. The molecular formula is C10H18FN5O2S. The molecular weight excluding hydrogens is 273 g/mol. The standard InChI is InChI=1S/C10H18FN5O2S/c1-3-12-10-14-7-8(11)9(16-10)13-5-6-19(17,18)15-4-2/h7,15H,3-6H2,1-2H3,(H2,12,13,14,16). The molecule has 1 heterocycles. The first kappa shape index (κ1) is 15.6. The number of hydrogen-bond donors (Lipinski definition) is 3. The van der Waals surface area contributed by atoms with Gasteiger partial charge in [0.1, 0.15) is 0 Å². The summed E-state index contributed by atoms with van der Waals surface area (Å²) in [6.45, 7) is 4.56. The molecule has 0 saturated carbocycles.